The zero-order valence-electron chi connectivity index (χ0n) is 22.1. The van der Waals surface area contributed by atoms with Crippen molar-refractivity contribution >= 4 is 33.0 Å². The van der Waals surface area contributed by atoms with Gasteiger partial charge in [0.1, 0.15) is 22.8 Å². The molecule has 0 N–H and O–H groups in total. The molecule has 0 spiro atoms. The molecule has 0 saturated heterocycles. The van der Waals surface area contributed by atoms with Crippen molar-refractivity contribution in [1.82, 2.24) is 9.55 Å². The Morgan fingerprint density at radius 1 is 0.718 bits per heavy atom. The van der Waals surface area contributed by atoms with Crippen LogP contribution in [0.15, 0.2) is 114 Å². The summed E-state index contributed by atoms with van der Waals surface area (Å²) in [5.41, 5.74) is 8.81. The fraction of sp³-hybridized carbons (Fsp3) is 0.114. The van der Waals surface area contributed by atoms with Gasteiger partial charge in [-0.25, -0.2) is 9.37 Å². The van der Waals surface area contributed by atoms with E-state index in [1.165, 1.54) is 17.7 Å². The molecule has 0 aliphatic carbocycles. The van der Waals surface area contributed by atoms with E-state index >= 15 is 0 Å². The van der Waals surface area contributed by atoms with Crippen molar-refractivity contribution in [3.63, 3.8) is 0 Å². The predicted molar refractivity (Wildman–Crippen MR) is 158 cm³/mol. The molecule has 4 heteroatoms. The summed E-state index contributed by atoms with van der Waals surface area (Å²) in [6.45, 7) is 6.67. The summed E-state index contributed by atoms with van der Waals surface area (Å²) in [5.74, 6) is 0.576. The second-order valence-corrected chi connectivity index (χ2v) is 11.0. The van der Waals surface area contributed by atoms with Crippen LogP contribution in [-0.4, -0.2) is 9.55 Å². The summed E-state index contributed by atoms with van der Waals surface area (Å²) < 4.78 is 22.4. The standard InChI is InChI=1S/C35H27FN2O/c1-35(2,3)23-16-20-25(21-17-23)38-30-12-5-4-11-29(30)37-34(38)28-10-6-9-27-32-26(22-14-18-24(36)19-15-22)8-7-13-31(32)39-33(27)28/h4-21H,1-3H3. The lowest BCUT2D eigenvalue weighted by molar-refractivity contribution is 0.590. The molecule has 7 rings (SSSR count). The summed E-state index contributed by atoms with van der Waals surface area (Å²) >= 11 is 0. The van der Waals surface area contributed by atoms with E-state index in [1.807, 2.05) is 42.5 Å². The molecule has 0 fully saturated rings. The van der Waals surface area contributed by atoms with Crippen LogP contribution in [0.3, 0.4) is 0 Å². The molecular weight excluding hydrogens is 483 g/mol. The third kappa shape index (κ3) is 3.83. The van der Waals surface area contributed by atoms with Gasteiger partial charge in [0, 0.05) is 16.5 Å². The maximum atomic E-state index is 13.7. The van der Waals surface area contributed by atoms with Crippen LogP contribution >= 0.6 is 0 Å². The maximum absolute atomic E-state index is 13.7. The molecule has 0 radical (unpaired) electrons. The number of halogens is 1. The zero-order valence-corrected chi connectivity index (χ0v) is 22.1. The Kier molecular flexibility index (Phi) is 5.21. The second kappa shape index (κ2) is 8.67. The maximum Gasteiger partial charge on any atom is 0.149 e. The number of aromatic nitrogens is 2. The number of para-hydroxylation sites is 3. The summed E-state index contributed by atoms with van der Waals surface area (Å²) in [7, 11) is 0. The number of benzene rings is 5. The van der Waals surface area contributed by atoms with E-state index in [2.05, 4.69) is 79.9 Å². The third-order valence-electron chi connectivity index (χ3n) is 7.47. The monoisotopic (exact) mass is 510 g/mol. The molecule has 5 aromatic carbocycles. The molecular formula is C35H27FN2O. The van der Waals surface area contributed by atoms with E-state index in [-0.39, 0.29) is 11.2 Å². The molecule has 7 aromatic rings. The summed E-state index contributed by atoms with van der Waals surface area (Å²) in [6.07, 6.45) is 0. The minimum absolute atomic E-state index is 0.0699. The Hall–Kier alpha value is -4.70. The van der Waals surface area contributed by atoms with Gasteiger partial charge in [-0.15, -0.1) is 0 Å². The lowest BCUT2D eigenvalue weighted by Crippen LogP contribution is -2.11. The van der Waals surface area contributed by atoms with Crippen molar-refractivity contribution in [3.05, 3.63) is 121 Å². The van der Waals surface area contributed by atoms with Crippen LogP contribution in [0, 0.1) is 5.82 Å². The normalized spacial score (nSPS) is 12.1. The number of imidazole rings is 1. The van der Waals surface area contributed by atoms with Gasteiger partial charge < -0.3 is 4.42 Å². The lowest BCUT2D eigenvalue weighted by Gasteiger charge is -2.19. The van der Waals surface area contributed by atoms with Crippen LogP contribution < -0.4 is 0 Å². The van der Waals surface area contributed by atoms with Gasteiger partial charge in [0.15, 0.2) is 0 Å². The van der Waals surface area contributed by atoms with Gasteiger partial charge in [0.25, 0.3) is 0 Å². The first kappa shape index (κ1) is 23.4. The number of furan rings is 1. The molecule has 0 saturated carbocycles. The number of rotatable bonds is 3. The summed E-state index contributed by atoms with van der Waals surface area (Å²) in [4.78, 5) is 5.10. The largest absolute Gasteiger partial charge is 0.455 e. The van der Waals surface area contributed by atoms with Crippen molar-refractivity contribution in [3.8, 4) is 28.2 Å². The molecule has 0 aliphatic rings. The van der Waals surface area contributed by atoms with E-state index < -0.39 is 0 Å². The van der Waals surface area contributed by atoms with Crippen LogP contribution in [0.1, 0.15) is 26.3 Å². The van der Waals surface area contributed by atoms with Gasteiger partial charge >= 0.3 is 0 Å². The van der Waals surface area contributed by atoms with Gasteiger partial charge in [-0.1, -0.05) is 81.4 Å². The highest BCUT2D eigenvalue weighted by atomic mass is 19.1. The van der Waals surface area contributed by atoms with E-state index in [9.17, 15) is 4.39 Å². The van der Waals surface area contributed by atoms with Gasteiger partial charge in [-0.05, 0) is 70.6 Å². The van der Waals surface area contributed by atoms with Crippen LogP contribution in [0.5, 0.6) is 0 Å². The quantitative estimate of drug-likeness (QED) is 0.237. The number of hydrogen-bond acceptors (Lipinski definition) is 2. The van der Waals surface area contributed by atoms with Crippen molar-refractivity contribution in [1.29, 1.82) is 0 Å². The zero-order chi connectivity index (χ0) is 26.7. The highest BCUT2D eigenvalue weighted by Gasteiger charge is 2.21. The first-order chi connectivity index (χ1) is 18.9. The van der Waals surface area contributed by atoms with Crippen LogP contribution in [-0.2, 0) is 5.41 Å². The summed E-state index contributed by atoms with van der Waals surface area (Å²) in [5, 5.41) is 2.02. The highest BCUT2D eigenvalue weighted by Crippen LogP contribution is 2.41. The first-order valence-electron chi connectivity index (χ1n) is 13.2. The van der Waals surface area contributed by atoms with Gasteiger partial charge in [0.2, 0.25) is 0 Å². The fourth-order valence-electron chi connectivity index (χ4n) is 5.47. The average molecular weight is 511 g/mol. The molecule has 0 amide bonds. The Labute approximate surface area is 226 Å². The molecule has 0 bridgehead atoms. The van der Waals surface area contributed by atoms with E-state index in [0.717, 1.165) is 61.2 Å². The van der Waals surface area contributed by atoms with Crippen LogP contribution in [0.4, 0.5) is 4.39 Å². The summed E-state index contributed by atoms with van der Waals surface area (Å²) in [6, 6.07) is 35.8. The average Bonchev–Trinajstić information content (AvgIpc) is 3.52. The second-order valence-electron chi connectivity index (χ2n) is 11.0. The van der Waals surface area contributed by atoms with Crippen LogP contribution in [0.2, 0.25) is 0 Å². The van der Waals surface area contributed by atoms with Gasteiger partial charge in [-0.2, -0.15) is 0 Å². The third-order valence-corrected chi connectivity index (χ3v) is 7.47. The molecule has 2 aromatic heterocycles. The molecule has 0 atom stereocenters. The molecule has 190 valence electrons. The molecule has 2 heterocycles. The Morgan fingerprint density at radius 3 is 2.21 bits per heavy atom. The molecule has 0 aliphatic heterocycles. The minimum Gasteiger partial charge on any atom is -0.455 e. The smallest absolute Gasteiger partial charge is 0.149 e. The van der Waals surface area contributed by atoms with Crippen molar-refractivity contribution < 1.29 is 8.81 Å². The van der Waals surface area contributed by atoms with Gasteiger partial charge in [0.05, 0.1) is 16.6 Å². The Morgan fingerprint density at radius 2 is 1.44 bits per heavy atom. The predicted octanol–water partition coefficient (Wildman–Crippen LogP) is 9.70. The molecule has 0 unspecified atom stereocenters. The van der Waals surface area contributed by atoms with Crippen LogP contribution in [0.25, 0.3) is 61.2 Å². The van der Waals surface area contributed by atoms with E-state index in [1.54, 1.807) is 0 Å². The van der Waals surface area contributed by atoms with Crippen molar-refractivity contribution in [2.24, 2.45) is 0 Å². The number of fused-ring (bicyclic) bond motifs is 4. The van der Waals surface area contributed by atoms with E-state index in [0.29, 0.717) is 0 Å². The topological polar surface area (TPSA) is 31.0 Å². The molecule has 39 heavy (non-hydrogen) atoms. The fourth-order valence-corrected chi connectivity index (χ4v) is 5.47. The number of nitrogens with zero attached hydrogens (tertiary/aromatic N) is 2. The SMILES string of the molecule is CC(C)(C)c1ccc(-n2c(-c3cccc4c3oc3cccc(-c5ccc(F)cc5)c34)nc3ccccc32)cc1. The molecule has 3 nitrogen and oxygen atoms in total. The van der Waals surface area contributed by atoms with Gasteiger partial charge in [-0.3, -0.25) is 4.57 Å². The van der Waals surface area contributed by atoms with Crippen molar-refractivity contribution in [2.45, 2.75) is 26.2 Å². The number of hydrogen-bond donors (Lipinski definition) is 0. The lowest BCUT2D eigenvalue weighted by atomic mass is 9.87. The highest BCUT2D eigenvalue weighted by molar-refractivity contribution is 6.15. The Balaban J connectivity index is 1.49. The Bertz CT molecular complexity index is 1990. The van der Waals surface area contributed by atoms with E-state index in [4.69, 9.17) is 9.40 Å². The first-order valence-corrected chi connectivity index (χ1v) is 13.2. The minimum atomic E-state index is -0.250. The van der Waals surface area contributed by atoms with Crippen molar-refractivity contribution in [2.75, 3.05) is 0 Å².